The highest BCUT2D eigenvalue weighted by molar-refractivity contribution is 5.78. The van der Waals surface area contributed by atoms with Gasteiger partial charge in [-0.1, -0.05) is 58.7 Å². The van der Waals surface area contributed by atoms with Crippen LogP contribution in [-0.2, 0) is 4.74 Å². The molecular formula is C33H55N5O. The highest BCUT2D eigenvalue weighted by Gasteiger charge is 2.24. The second-order valence-electron chi connectivity index (χ2n) is 9.92. The second kappa shape index (κ2) is 19.1. The standard InChI is InChI=1S/C21H30N4.C7H13NO.C3H6.C2H6/c1-5-22-19(14-16(3)25-12-7-6-8-13-25)17(4)21-23-18-11-9-10-15(2)20(18)24-21;1-7(2)8-3-5-9-6-4-8;1-3-2;1-2/h5,9-11,17,19,22H,1,3,6-8,12-14H2,2,4H3,(H,23,24);1,3-6H2,2H3;3H,1H2,2H3;1-2H3. The molecule has 0 saturated carbocycles. The number of aromatic amines is 1. The fourth-order valence-electron chi connectivity index (χ4n) is 4.67. The summed E-state index contributed by atoms with van der Waals surface area (Å²) < 4.78 is 5.17. The van der Waals surface area contributed by atoms with Crippen molar-refractivity contribution in [3.63, 3.8) is 0 Å². The number of rotatable bonds is 8. The Bertz CT molecular complexity index is 999. The molecule has 2 fully saturated rings. The number of piperidine rings is 1. The van der Waals surface area contributed by atoms with Crippen LogP contribution in [0.15, 0.2) is 68.2 Å². The molecule has 0 bridgehead atoms. The molecule has 2 atom stereocenters. The monoisotopic (exact) mass is 537 g/mol. The maximum atomic E-state index is 5.17. The van der Waals surface area contributed by atoms with E-state index in [1.807, 2.05) is 27.7 Å². The van der Waals surface area contributed by atoms with E-state index in [0.29, 0.717) is 0 Å². The van der Waals surface area contributed by atoms with E-state index in [4.69, 9.17) is 9.72 Å². The number of likely N-dealkylation sites (tertiary alicyclic amines) is 1. The van der Waals surface area contributed by atoms with Crippen molar-refractivity contribution >= 4 is 11.0 Å². The second-order valence-corrected chi connectivity index (χ2v) is 9.92. The van der Waals surface area contributed by atoms with E-state index in [-0.39, 0.29) is 12.0 Å². The topological polar surface area (TPSA) is 56.4 Å². The Labute approximate surface area is 238 Å². The summed E-state index contributed by atoms with van der Waals surface area (Å²) in [5.74, 6) is 1.27. The molecule has 2 saturated heterocycles. The predicted octanol–water partition coefficient (Wildman–Crippen LogP) is 7.54. The van der Waals surface area contributed by atoms with Gasteiger partial charge in [0.25, 0.3) is 0 Å². The number of nitrogens with zero attached hydrogens (tertiary/aromatic N) is 3. The number of aromatic nitrogens is 2. The number of morpholine rings is 1. The Morgan fingerprint density at radius 1 is 1.08 bits per heavy atom. The predicted molar refractivity (Wildman–Crippen MR) is 170 cm³/mol. The number of allylic oxidation sites excluding steroid dienone is 2. The first-order valence-electron chi connectivity index (χ1n) is 14.6. The van der Waals surface area contributed by atoms with Crippen LogP contribution in [0.3, 0.4) is 0 Å². The molecule has 3 heterocycles. The van der Waals surface area contributed by atoms with E-state index in [0.717, 1.165) is 68.4 Å². The van der Waals surface area contributed by atoms with Gasteiger partial charge in [-0.2, -0.15) is 0 Å². The highest BCUT2D eigenvalue weighted by atomic mass is 16.5. The minimum atomic E-state index is 0.229. The van der Waals surface area contributed by atoms with Crippen LogP contribution in [0.25, 0.3) is 11.0 Å². The molecule has 1 aromatic heterocycles. The molecule has 0 amide bonds. The van der Waals surface area contributed by atoms with Gasteiger partial charge in [-0.25, -0.2) is 4.98 Å². The zero-order chi connectivity index (χ0) is 29.2. The van der Waals surface area contributed by atoms with Crippen molar-refractivity contribution < 1.29 is 4.74 Å². The van der Waals surface area contributed by atoms with Crippen molar-refractivity contribution in [1.82, 2.24) is 25.1 Å². The Hall–Kier alpha value is -2.99. The third-order valence-corrected chi connectivity index (χ3v) is 6.91. The number of hydrogen-bond acceptors (Lipinski definition) is 5. The Kier molecular flexibility index (Phi) is 16.7. The number of benzene rings is 1. The van der Waals surface area contributed by atoms with Crippen LogP contribution < -0.4 is 5.32 Å². The smallest absolute Gasteiger partial charge is 0.112 e. The SMILES string of the molecule is C=C(C)N1CCOCC1.C=CC.C=CNC(CC(=C)N1CCCCC1)C(C)c1nc2c(C)cccc2[nH]1.CC. The van der Waals surface area contributed by atoms with Crippen molar-refractivity contribution in [3.8, 4) is 0 Å². The third kappa shape index (κ3) is 11.3. The maximum Gasteiger partial charge on any atom is 0.112 e. The van der Waals surface area contributed by atoms with Crippen molar-refractivity contribution in [2.45, 2.75) is 79.2 Å². The van der Waals surface area contributed by atoms with Crippen LogP contribution in [0.4, 0.5) is 0 Å². The molecule has 1 aromatic carbocycles. The molecule has 6 nitrogen and oxygen atoms in total. The quantitative estimate of drug-likeness (QED) is 0.341. The summed E-state index contributed by atoms with van der Waals surface area (Å²) in [6.45, 7) is 33.7. The summed E-state index contributed by atoms with van der Waals surface area (Å²) in [5, 5.41) is 3.43. The lowest BCUT2D eigenvalue weighted by Gasteiger charge is -2.33. The van der Waals surface area contributed by atoms with Gasteiger partial charge in [-0.15, -0.1) is 6.58 Å². The minimum Gasteiger partial charge on any atom is -0.388 e. The molecule has 2 unspecified atom stereocenters. The lowest BCUT2D eigenvalue weighted by molar-refractivity contribution is 0.0540. The highest BCUT2D eigenvalue weighted by Crippen LogP contribution is 2.26. The lowest BCUT2D eigenvalue weighted by Crippen LogP contribution is -2.36. The first kappa shape index (κ1) is 34.0. The van der Waals surface area contributed by atoms with Crippen LogP contribution in [0.2, 0.25) is 0 Å². The number of imidazole rings is 1. The molecule has 2 aromatic rings. The summed E-state index contributed by atoms with van der Waals surface area (Å²) in [6, 6.07) is 6.50. The average molecular weight is 538 g/mol. The molecule has 0 radical (unpaired) electrons. The molecule has 0 aliphatic carbocycles. The van der Waals surface area contributed by atoms with Crippen LogP contribution >= 0.6 is 0 Å². The summed E-state index contributed by atoms with van der Waals surface area (Å²) in [7, 11) is 0. The third-order valence-electron chi connectivity index (χ3n) is 6.91. The number of nitrogens with one attached hydrogen (secondary N) is 2. The Balaban J connectivity index is 0.000000451. The molecule has 218 valence electrons. The molecule has 0 spiro atoms. The van der Waals surface area contributed by atoms with Crippen LogP contribution in [0.1, 0.15) is 77.6 Å². The van der Waals surface area contributed by atoms with Gasteiger partial charge in [0.05, 0.1) is 24.2 Å². The van der Waals surface area contributed by atoms with Gasteiger partial charge in [-0.05, 0) is 57.9 Å². The molecule has 39 heavy (non-hydrogen) atoms. The minimum absolute atomic E-state index is 0.229. The number of aryl methyl sites for hydroxylation is 1. The molecule has 2 N–H and O–H groups in total. The maximum absolute atomic E-state index is 5.17. The zero-order valence-electron chi connectivity index (χ0n) is 25.7. The van der Waals surface area contributed by atoms with Gasteiger partial charge in [0.2, 0.25) is 0 Å². The van der Waals surface area contributed by atoms with Crippen molar-refractivity contribution in [3.05, 3.63) is 79.6 Å². The van der Waals surface area contributed by atoms with Gasteiger partial charge in [0.15, 0.2) is 0 Å². The summed E-state index contributed by atoms with van der Waals surface area (Å²) >= 11 is 0. The summed E-state index contributed by atoms with van der Waals surface area (Å²) in [6.07, 6.45) is 8.34. The van der Waals surface area contributed by atoms with E-state index in [1.54, 1.807) is 12.3 Å². The Morgan fingerprint density at radius 2 is 1.69 bits per heavy atom. The molecule has 4 rings (SSSR count). The number of hydrogen-bond donors (Lipinski definition) is 2. The van der Waals surface area contributed by atoms with Gasteiger partial charge in [0, 0.05) is 56.0 Å². The molecule has 2 aliphatic heterocycles. The molecule has 6 heteroatoms. The molecule has 2 aliphatic rings. The normalized spacial score (nSPS) is 16.2. The number of para-hydroxylation sites is 1. The van der Waals surface area contributed by atoms with E-state index in [9.17, 15) is 0 Å². The van der Waals surface area contributed by atoms with Crippen molar-refractivity contribution in [1.29, 1.82) is 0 Å². The number of fused-ring (bicyclic) bond motifs is 1. The summed E-state index contributed by atoms with van der Waals surface area (Å²) in [4.78, 5) is 13.0. The van der Waals surface area contributed by atoms with Gasteiger partial charge < -0.3 is 24.8 Å². The van der Waals surface area contributed by atoms with E-state index in [1.165, 1.54) is 30.5 Å². The van der Waals surface area contributed by atoms with E-state index >= 15 is 0 Å². The average Bonchev–Trinajstić information content (AvgIpc) is 3.41. The van der Waals surface area contributed by atoms with Crippen LogP contribution in [-0.4, -0.2) is 65.2 Å². The number of H-pyrrole nitrogens is 1. The van der Waals surface area contributed by atoms with Gasteiger partial charge in [-0.3, -0.25) is 0 Å². The lowest BCUT2D eigenvalue weighted by atomic mass is 9.96. The van der Waals surface area contributed by atoms with Gasteiger partial charge >= 0.3 is 0 Å². The van der Waals surface area contributed by atoms with Crippen LogP contribution in [0.5, 0.6) is 0 Å². The van der Waals surface area contributed by atoms with Crippen LogP contribution in [0, 0.1) is 6.92 Å². The zero-order valence-corrected chi connectivity index (χ0v) is 25.7. The fourth-order valence-corrected chi connectivity index (χ4v) is 4.67. The fraction of sp³-hybridized carbons (Fsp3) is 0.545. The summed E-state index contributed by atoms with van der Waals surface area (Å²) in [5.41, 5.74) is 5.75. The van der Waals surface area contributed by atoms with E-state index < -0.39 is 0 Å². The Morgan fingerprint density at radius 3 is 2.21 bits per heavy atom. The van der Waals surface area contributed by atoms with Crippen molar-refractivity contribution in [2.75, 3.05) is 39.4 Å². The first-order valence-corrected chi connectivity index (χ1v) is 14.6. The molecular weight excluding hydrogens is 482 g/mol. The van der Waals surface area contributed by atoms with E-state index in [2.05, 4.69) is 78.5 Å². The van der Waals surface area contributed by atoms with Crippen molar-refractivity contribution in [2.24, 2.45) is 0 Å². The number of ether oxygens (including phenoxy) is 1. The first-order chi connectivity index (χ1) is 18.8. The largest absolute Gasteiger partial charge is 0.388 e. The van der Waals surface area contributed by atoms with Gasteiger partial charge in [0.1, 0.15) is 5.82 Å².